The molecule has 1 heterocycles. The molecule has 4 nitrogen and oxygen atoms in total. The van der Waals surface area contributed by atoms with Crippen LogP contribution in [0.1, 0.15) is 17.3 Å². The van der Waals surface area contributed by atoms with Gasteiger partial charge in [-0.05, 0) is 58.5 Å². The number of hydrogen-bond donors (Lipinski definition) is 1. The number of para-hydroxylation sites is 1. The van der Waals surface area contributed by atoms with Crippen LogP contribution in [0.25, 0.3) is 5.69 Å². The molecule has 0 aliphatic heterocycles. The summed E-state index contributed by atoms with van der Waals surface area (Å²) in [6.07, 6.45) is 1.71. The molecular weight excluding hydrogens is 443 g/mol. The molecule has 2 N–H and O–H groups in total. The zero-order valence-electron chi connectivity index (χ0n) is 10.9. The van der Waals surface area contributed by atoms with Crippen LogP contribution >= 0.6 is 38.5 Å². The van der Waals surface area contributed by atoms with Gasteiger partial charge >= 0.3 is 0 Å². The maximum Gasteiger partial charge on any atom is 0.0858 e. The minimum atomic E-state index is -0.302. The van der Waals surface area contributed by atoms with Crippen LogP contribution in [0.15, 0.2) is 59.2 Å². The Kier molecular flexibility index (Phi) is 4.37. The molecule has 0 amide bonds. The zero-order chi connectivity index (χ0) is 14.8. The van der Waals surface area contributed by atoms with E-state index in [1.807, 2.05) is 42.5 Å². The fourth-order valence-corrected chi connectivity index (χ4v) is 3.15. The summed E-state index contributed by atoms with van der Waals surface area (Å²) in [4.78, 5) is 0. The van der Waals surface area contributed by atoms with Crippen molar-refractivity contribution in [3.05, 3.63) is 74.0 Å². The number of nitrogens with two attached hydrogens (primary N) is 1. The number of benzene rings is 2. The molecule has 0 fully saturated rings. The number of hydrogen-bond acceptors (Lipinski definition) is 3. The van der Waals surface area contributed by atoms with Crippen molar-refractivity contribution in [1.82, 2.24) is 15.0 Å². The fourth-order valence-electron chi connectivity index (χ4n) is 2.14. The van der Waals surface area contributed by atoms with Gasteiger partial charge in [-0.3, -0.25) is 0 Å². The van der Waals surface area contributed by atoms with E-state index in [1.54, 1.807) is 10.9 Å². The zero-order valence-corrected chi connectivity index (χ0v) is 14.7. The molecule has 1 aromatic heterocycles. The minimum absolute atomic E-state index is 0.302. The Balaban J connectivity index is 2.06. The predicted molar refractivity (Wildman–Crippen MR) is 94.2 cm³/mol. The van der Waals surface area contributed by atoms with Gasteiger partial charge in [0.25, 0.3) is 0 Å². The largest absolute Gasteiger partial charge is 0.319 e. The second kappa shape index (κ2) is 6.25. The number of rotatable bonds is 3. The topological polar surface area (TPSA) is 56.7 Å². The van der Waals surface area contributed by atoms with E-state index in [0.29, 0.717) is 0 Å². The first kappa shape index (κ1) is 14.7. The number of halogens is 2. The number of nitrogens with zero attached hydrogens (tertiary/aromatic N) is 3. The molecule has 0 saturated heterocycles. The van der Waals surface area contributed by atoms with Gasteiger partial charge in [0.15, 0.2) is 0 Å². The summed E-state index contributed by atoms with van der Waals surface area (Å²) in [6, 6.07) is 15.7. The third-order valence-electron chi connectivity index (χ3n) is 3.19. The van der Waals surface area contributed by atoms with E-state index in [0.717, 1.165) is 25.0 Å². The van der Waals surface area contributed by atoms with Gasteiger partial charge in [0.2, 0.25) is 0 Å². The average molecular weight is 455 g/mol. The molecule has 0 bridgehead atoms. The Bertz CT molecular complexity index is 757. The first-order valence-electron chi connectivity index (χ1n) is 6.33. The molecule has 0 saturated carbocycles. The summed E-state index contributed by atoms with van der Waals surface area (Å²) in [6.45, 7) is 0. The van der Waals surface area contributed by atoms with Gasteiger partial charge in [0, 0.05) is 8.04 Å². The molecule has 1 unspecified atom stereocenters. The Morgan fingerprint density at radius 1 is 1.14 bits per heavy atom. The highest BCUT2D eigenvalue weighted by Crippen LogP contribution is 2.28. The molecular formula is C15H12BrIN4. The highest BCUT2D eigenvalue weighted by atomic mass is 127. The van der Waals surface area contributed by atoms with Crippen molar-refractivity contribution in [3.63, 3.8) is 0 Å². The van der Waals surface area contributed by atoms with Gasteiger partial charge in [-0.25, -0.2) is 4.68 Å². The summed E-state index contributed by atoms with van der Waals surface area (Å²) in [5, 5.41) is 8.17. The lowest BCUT2D eigenvalue weighted by Crippen LogP contribution is -2.17. The maximum atomic E-state index is 6.43. The standard InChI is InChI=1S/C15H12BrIN4/c16-13-7-6-10(17)8-12(13)15(18)14-9-19-20-21(14)11-4-2-1-3-5-11/h1-9,15H,18H2. The molecule has 106 valence electrons. The lowest BCUT2D eigenvalue weighted by Gasteiger charge is -2.15. The molecule has 6 heteroatoms. The minimum Gasteiger partial charge on any atom is -0.319 e. The second-order valence-corrected chi connectivity index (χ2v) is 6.65. The molecule has 0 aliphatic carbocycles. The summed E-state index contributed by atoms with van der Waals surface area (Å²) in [7, 11) is 0. The third-order valence-corrected chi connectivity index (χ3v) is 4.58. The van der Waals surface area contributed by atoms with Crippen molar-refractivity contribution in [2.45, 2.75) is 6.04 Å². The monoisotopic (exact) mass is 454 g/mol. The lowest BCUT2D eigenvalue weighted by molar-refractivity contribution is 0.718. The van der Waals surface area contributed by atoms with Crippen LogP contribution in [0.5, 0.6) is 0 Å². The highest BCUT2D eigenvalue weighted by molar-refractivity contribution is 14.1. The molecule has 0 radical (unpaired) electrons. The van der Waals surface area contributed by atoms with E-state index in [-0.39, 0.29) is 6.04 Å². The smallest absolute Gasteiger partial charge is 0.0858 e. The van der Waals surface area contributed by atoms with Gasteiger partial charge in [0.1, 0.15) is 0 Å². The van der Waals surface area contributed by atoms with E-state index in [2.05, 4.69) is 54.9 Å². The Hall–Kier alpha value is -1.25. The molecule has 1 atom stereocenters. The first-order valence-corrected chi connectivity index (χ1v) is 8.20. The molecule has 3 aromatic rings. The van der Waals surface area contributed by atoms with Crippen molar-refractivity contribution < 1.29 is 0 Å². The Morgan fingerprint density at radius 3 is 2.67 bits per heavy atom. The molecule has 21 heavy (non-hydrogen) atoms. The molecule has 3 rings (SSSR count). The Labute approximate surface area is 144 Å². The summed E-state index contributed by atoms with van der Waals surface area (Å²) in [5.41, 5.74) is 9.25. The van der Waals surface area contributed by atoms with Gasteiger partial charge in [-0.2, -0.15) is 0 Å². The fraction of sp³-hybridized carbons (Fsp3) is 0.0667. The van der Waals surface area contributed by atoms with Gasteiger partial charge in [0.05, 0.1) is 23.6 Å². The molecule has 2 aromatic carbocycles. The predicted octanol–water partition coefficient (Wildman–Crippen LogP) is 3.68. The highest BCUT2D eigenvalue weighted by Gasteiger charge is 2.18. The summed E-state index contributed by atoms with van der Waals surface area (Å²) >= 11 is 5.84. The van der Waals surface area contributed by atoms with Crippen molar-refractivity contribution in [2.24, 2.45) is 5.73 Å². The van der Waals surface area contributed by atoms with Crippen LogP contribution in [-0.2, 0) is 0 Å². The van der Waals surface area contributed by atoms with Crippen LogP contribution in [0.2, 0.25) is 0 Å². The van der Waals surface area contributed by atoms with E-state index in [4.69, 9.17) is 5.73 Å². The van der Waals surface area contributed by atoms with E-state index in [9.17, 15) is 0 Å². The van der Waals surface area contributed by atoms with Crippen molar-refractivity contribution in [3.8, 4) is 5.69 Å². The average Bonchev–Trinajstić information content (AvgIpc) is 2.99. The molecule has 0 spiro atoms. The Morgan fingerprint density at radius 2 is 1.90 bits per heavy atom. The third kappa shape index (κ3) is 3.02. The van der Waals surface area contributed by atoms with Gasteiger partial charge in [-0.15, -0.1) is 5.10 Å². The summed E-state index contributed by atoms with van der Waals surface area (Å²) in [5.74, 6) is 0. The van der Waals surface area contributed by atoms with Crippen molar-refractivity contribution in [1.29, 1.82) is 0 Å². The van der Waals surface area contributed by atoms with Crippen LogP contribution in [-0.4, -0.2) is 15.0 Å². The number of aromatic nitrogens is 3. The van der Waals surface area contributed by atoms with Crippen molar-refractivity contribution >= 4 is 38.5 Å². The second-order valence-electron chi connectivity index (χ2n) is 4.55. The van der Waals surface area contributed by atoms with Gasteiger partial charge < -0.3 is 5.73 Å². The van der Waals surface area contributed by atoms with E-state index in [1.165, 1.54) is 0 Å². The first-order chi connectivity index (χ1) is 10.2. The summed E-state index contributed by atoms with van der Waals surface area (Å²) < 4.78 is 3.90. The molecule has 0 aliphatic rings. The lowest BCUT2D eigenvalue weighted by atomic mass is 10.1. The van der Waals surface area contributed by atoms with Gasteiger partial charge in [-0.1, -0.05) is 39.3 Å². The quantitative estimate of drug-likeness (QED) is 0.614. The normalized spacial score (nSPS) is 12.3. The van der Waals surface area contributed by atoms with E-state index < -0.39 is 0 Å². The van der Waals surface area contributed by atoms with Crippen molar-refractivity contribution in [2.75, 3.05) is 0 Å². The SMILES string of the molecule is NC(c1cc(I)ccc1Br)c1cnnn1-c1ccccc1. The van der Waals surface area contributed by atoms with Crippen LogP contribution in [0, 0.1) is 3.57 Å². The maximum absolute atomic E-state index is 6.43. The van der Waals surface area contributed by atoms with Crippen LogP contribution in [0.3, 0.4) is 0 Å². The van der Waals surface area contributed by atoms with Crippen LogP contribution in [0.4, 0.5) is 0 Å². The van der Waals surface area contributed by atoms with Crippen LogP contribution < -0.4 is 5.73 Å². The van der Waals surface area contributed by atoms with E-state index >= 15 is 0 Å².